The van der Waals surface area contributed by atoms with Crippen molar-refractivity contribution < 1.29 is 9.72 Å². The number of rotatable bonds is 3. The summed E-state index contributed by atoms with van der Waals surface area (Å²) in [4.78, 5) is 22.4. The van der Waals surface area contributed by atoms with E-state index in [-0.39, 0.29) is 16.3 Å². The van der Waals surface area contributed by atoms with Crippen LogP contribution in [0.15, 0.2) is 42.5 Å². The maximum absolute atomic E-state index is 12.1. The van der Waals surface area contributed by atoms with Gasteiger partial charge in [-0.15, -0.1) is 0 Å². The van der Waals surface area contributed by atoms with E-state index in [1.54, 1.807) is 0 Å². The van der Waals surface area contributed by atoms with Crippen LogP contribution in [0.3, 0.4) is 0 Å². The van der Waals surface area contributed by atoms with Gasteiger partial charge in [0.2, 0.25) is 0 Å². The fourth-order valence-electron chi connectivity index (χ4n) is 1.71. The third-order valence-electron chi connectivity index (χ3n) is 2.69. The van der Waals surface area contributed by atoms with E-state index < -0.39 is 10.8 Å². The molecule has 0 heterocycles. The number of hydrogen-bond donors (Lipinski definition) is 1. The Morgan fingerprint density at radius 1 is 1.24 bits per heavy atom. The second kappa shape index (κ2) is 6.03. The van der Waals surface area contributed by atoms with Gasteiger partial charge >= 0.3 is 0 Å². The molecule has 1 N–H and O–H groups in total. The van der Waals surface area contributed by atoms with E-state index >= 15 is 0 Å². The molecule has 0 spiro atoms. The fourth-order valence-corrected chi connectivity index (χ4v) is 1.97. The number of carbonyl (C=O) groups excluding carboxylic acids is 1. The van der Waals surface area contributed by atoms with E-state index in [2.05, 4.69) is 5.32 Å². The van der Waals surface area contributed by atoms with Crippen LogP contribution >= 0.6 is 11.6 Å². The summed E-state index contributed by atoms with van der Waals surface area (Å²) in [7, 11) is 0. The highest BCUT2D eigenvalue weighted by molar-refractivity contribution is 6.35. The lowest BCUT2D eigenvalue weighted by molar-refractivity contribution is -0.385. The summed E-state index contributed by atoms with van der Waals surface area (Å²) >= 11 is 5.87. The van der Waals surface area contributed by atoms with Gasteiger partial charge in [-0.1, -0.05) is 17.7 Å². The highest BCUT2D eigenvalue weighted by Gasteiger charge is 2.23. The number of nitrogens with one attached hydrogen (secondary N) is 1. The number of nitriles is 1. The number of nitrogens with zero attached hydrogens (tertiary/aromatic N) is 2. The van der Waals surface area contributed by atoms with Crippen molar-refractivity contribution >= 4 is 28.9 Å². The first-order valence-corrected chi connectivity index (χ1v) is 6.15. The second-order valence-corrected chi connectivity index (χ2v) is 4.44. The molecular weight excluding hydrogens is 294 g/mol. The number of amides is 1. The zero-order chi connectivity index (χ0) is 15.4. The zero-order valence-corrected chi connectivity index (χ0v) is 11.3. The molecule has 0 aliphatic rings. The van der Waals surface area contributed by atoms with E-state index in [4.69, 9.17) is 16.9 Å². The van der Waals surface area contributed by atoms with Crippen LogP contribution in [0.4, 0.5) is 11.4 Å². The van der Waals surface area contributed by atoms with Crippen LogP contribution in [0.2, 0.25) is 5.02 Å². The average Bonchev–Trinajstić information content (AvgIpc) is 2.47. The quantitative estimate of drug-likeness (QED) is 0.694. The molecule has 21 heavy (non-hydrogen) atoms. The Balaban J connectivity index is 2.32. The average molecular weight is 302 g/mol. The molecule has 0 aliphatic heterocycles. The molecular formula is C14H8ClN3O3. The Morgan fingerprint density at radius 2 is 1.90 bits per heavy atom. The van der Waals surface area contributed by atoms with Gasteiger partial charge in [-0.3, -0.25) is 14.9 Å². The smallest absolute Gasteiger partial charge is 0.283 e. The van der Waals surface area contributed by atoms with Crippen molar-refractivity contribution in [2.75, 3.05) is 5.32 Å². The van der Waals surface area contributed by atoms with Crippen LogP contribution in [0.25, 0.3) is 0 Å². The molecule has 6 nitrogen and oxygen atoms in total. The zero-order valence-electron chi connectivity index (χ0n) is 10.5. The van der Waals surface area contributed by atoms with E-state index in [0.29, 0.717) is 11.3 Å². The monoisotopic (exact) mass is 301 g/mol. The molecule has 0 fully saturated rings. The SMILES string of the molecule is N#Cc1ccc(NC(=O)c2c(Cl)cccc2[N+](=O)[O-])cc1. The van der Waals surface area contributed by atoms with E-state index in [1.807, 2.05) is 6.07 Å². The molecule has 0 atom stereocenters. The third-order valence-corrected chi connectivity index (χ3v) is 3.00. The topological polar surface area (TPSA) is 96.0 Å². The first-order valence-electron chi connectivity index (χ1n) is 5.77. The largest absolute Gasteiger partial charge is 0.322 e. The molecule has 0 radical (unpaired) electrons. The Morgan fingerprint density at radius 3 is 2.48 bits per heavy atom. The van der Waals surface area contributed by atoms with Crippen LogP contribution in [-0.2, 0) is 0 Å². The highest BCUT2D eigenvalue weighted by atomic mass is 35.5. The Kier molecular flexibility index (Phi) is 4.16. The Labute approximate surface area is 124 Å². The Hall–Kier alpha value is -2.91. The summed E-state index contributed by atoms with van der Waals surface area (Å²) in [6.45, 7) is 0. The molecule has 104 valence electrons. The van der Waals surface area contributed by atoms with Gasteiger partial charge in [-0.2, -0.15) is 5.26 Å². The van der Waals surface area contributed by atoms with Gasteiger partial charge in [0.05, 0.1) is 21.6 Å². The molecule has 0 aliphatic carbocycles. The van der Waals surface area contributed by atoms with Crippen molar-refractivity contribution in [2.45, 2.75) is 0 Å². The summed E-state index contributed by atoms with van der Waals surface area (Å²) < 4.78 is 0. The van der Waals surface area contributed by atoms with Crippen LogP contribution in [0, 0.1) is 21.4 Å². The highest BCUT2D eigenvalue weighted by Crippen LogP contribution is 2.27. The molecule has 1 amide bonds. The van der Waals surface area contributed by atoms with E-state index in [1.165, 1.54) is 42.5 Å². The van der Waals surface area contributed by atoms with Crippen molar-refractivity contribution in [1.29, 1.82) is 5.26 Å². The van der Waals surface area contributed by atoms with Crippen LogP contribution < -0.4 is 5.32 Å². The van der Waals surface area contributed by atoms with Gasteiger partial charge in [0.25, 0.3) is 11.6 Å². The fraction of sp³-hybridized carbons (Fsp3) is 0. The Bertz CT molecular complexity index is 751. The molecule has 0 saturated heterocycles. The first-order chi connectivity index (χ1) is 10.0. The molecule has 0 saturated carbocycles. The number of nitro groups is 1. The van der Waals surface area contributed by atoms with Gasteiger partial charge in [0, 0.05) is 11.8 Å². The number of hydrogen-bond acceptors (Lipinski definition) is 4. The van der Waals surface area contributed by atoms with Crippen LogP contribution in [-0.4, -0.2) is 10.8 Å². The number of anilines is 1. The van der Waals surface area contributed by atoms with Crippen LogP contribution in [0.5, 0.6) is 0 Å². The predicted molar refractivity (Wildman–Crippen MR) is 77.2 cm³/mol. The first kappa shape index (κ1) is 14.5. The van der Waals surface area contributed by atoms with Gasteiger partial charge < -0.3 is 5.32 Å². The molecule has 7 heteroatoms. The van der Waals surface area contributed by atoms with E-state index in [9.17, 15) is 14.9 Å². The maximum Gasteiger partial charge on any atom is 0.283 e. The summed E-state index contributed by atoms with van der Waals surface area (Å²) in [5.74, 6) is -0.683. The van der Waals surface area contributed by atoms with Crippen molar-refractivity contribution in [3.63, 3.8) is 0 Å². The third kappa shape index (κ3) is 3.16. The summed E-state index contributed by atoms with van der Waals surface area (Å²) in [5.41, 5.74) is 0.284. The number of carbonyl (C=O) groups is 1. The molecule has 0 aromatic heterocycles. The standard InChI is InChI=1S/C14H8ClN3O3/c15-11-2-1-3-12(18(20)21)13(11)14(19)17-10-6-4-9(8-16)5-7-10/h1-7H,(H,17,19). The lowest BCUT2D eigenvalue weighted by Crippen LogP contribution is -2.14. The molecule has 0 unspecified atom stereocenters. The minimum atomic E-state index is -0.683. The van der Waals surface area contributed by atoms with Crippen molar-refractivity contribution in [3.8, 4) is 6.07 Å². The van der Waals surface area contributed by atoms with Gasteiger partial charge in [0.15, 0.2) is 0 Å². The van der Waals surface area contributed by atoms with Crippen molar-refractivity contribution in [1.82, 2.24) is 0 Å². The minimum Gasteiger partial charge on any atom is -0.322 e. The number of nitro benzene ring substituents is 1. The lowest BCUT2D eigenvalue weighted by atomic mass is 10.1. The van der Waals surface area contributed by atoms with Gasteiger partial charge in [0.1, 0.15) is 5.56 Å². The second-order valence-electron chi connectivity index (χ2n) is 4.03. The molecule has 2 rings (SSSR count). The molecule has 0 bridgehead atoms. The normalized spacial score (nSPS) is 9.71. The minimum absolute atomic E-state index is 0.00431. The van der Waals surface area contributed by atoms with Gasteiger partial charge in [-0.25, -0.2) is 0 Å². The predicted octanol–water partition coefficient (Wildman–Crippen LogP) is 3.37. The number of benzene rings is 2. The van der Waals surface area contributed by atoms with Crippen LogP contribution in [0.1, 0.15) is 15.9 Å². The summed E-state index contributed by atoms with van der Waals surface area (Å²) in [5, 5.41) is 22.1. The lowest BCUT2D eigenvalue weighted by Gasteiger charge is -2.07. The van der Waals surface area contributed by atoms with E-state index in [0.717, 1.165) is 0 Å². The summed E-state index contributed by atoms with van der Waals surface area (Å²) in [6, 6.07) is 12.1. The van der Waals surface area contributed by atoms with Crippen molar-refractivity contribution in [3.05, 3.63) is 68.7 Å². The van der Waals surface area contributed by atoms with Crippen molar-refractivity contribution in [2.24, 2.45) is 0 Å². The van der Waals surface area contributed by atoms with Gasteiger partial charge in [-0.05, 0) is 30.3 Å². The summed E-state index contributed by atoms with van der Waals surface area (Å²) in [6.07, 6.45) is 0. The number of halogens is 1. The maximum atomic E-state index is 12.1. The molecule has 2 aromatic carbocycles. The molecule has 2 aromatic rings.